The van der Waals surface area contributed by atoms with E-state index in [0.29, 0.717) is 21.5 Å². The number of amides is 1. The maximum atomic E-state index is 12.6. The Labute approximate surface area is 171 Å². The third-order valence-corrected chi connectivity index (χ3v) is 5.04. The van der Waals surface area contributed by atoms with Gasteiger partial charge in [0.1, 0.15) is 17.4 Å². The summed E-state index contributed by atoms with van der Waals surface area (Å²) < 4.78 is 5.26. The molecule has 5 nitrogen and oxygen atoms in total. The highest BCUT2D eigenvalue weighted by Crippen LogP contribution is 2.32. The fourth-order valence-corrected chi connectivity index (χ4v) is 3.63. The summed E-state index contributed by atoms with van der Waals surface area (Å²) in [6, 6.07) is 16.5. The molecule has 1 heterocycles. The Kier molecular flexibility index (Phi) is 6.09. The lowest BCUT2D eigenvalue weighted by molar-refractivity contribution is -0.112. The standard InChI is InChI=1S/C21H16ClN3O2S/c1-13-19(15-7-5-8-17(22)11-15)24-21(28-13)25-20(26)16(12-23)10-14-6-3-4-9-18(14)27-2/h3-11H,1-2H3,(H,24,25,26)/b16-10+. The predicted octanol–water partition coefficient (Wildman–Crippen LogP) is 5.33. The van der Waals surface area contributed by atoms with Crippen LogP contribution in [-0.2, 0) is 4.79 Å². The number of carbonyl (C=O) groups is 1. The number of rotatable bonds is 5. The Balaban J connectivity index is 1.85. The van der Waals surface area contributed by atoms with Crippen molar-refractivity contribution in [2.75, 3.05) is 12.4 Å². The number of aromatic nitrogens is 1. The smallest absolute Gasteiger partial charge is 0.268 e. The molecule has 0 unspecified atom stereocenters. The van der Waals surface area contributed by atoms with E-state index in [2.05, 4.69) is 10.3 Å². The molecule has 28 heavy (non-hydrogen) atoms. The van der Waals surface area contributed by atoms with Gasteiger partial charge in [0, 0.05) is 21.0 Å². The Hall–Kier alpha value is -3.14. The first-order valence-electron chi connectivity index (χ1n) is 8.31. The van der Waals surface area contributed by atoms with Crippen molar-refractivity contribution in [3.05, 3.63) is 69.6 Å². The van der Waals surface area contributed by atoms with Gasteiger partial charge < -0.3 is 4.74 Å². The van der Waals surface area contributed by atoms with Crippen molar-refractivity contribution >= 4 is 40.1 Å². The summed E-state index contributed by atoms with van der Waals surface area (Å²) in [5.41, 5.74) is 2.22. The van der Waals surface area contributed by atoms with E-state index >= 15 is 0 Å². The van der Waals surface area contributed by atoms with Gasteiger partial charge >= 0.3 is 0 Å². The van der Waals surface area contributed by atoms with Crippen LogP contribution < -0.4 is 10.1 Å². The molecule has 1 amide bonds. The number of aryl methyl sites for hydroxylation is 1. The summed E-state index contributed by atoms with van der Waals surface area (Å²) >= 11 is 7.39. The molecule has 140 valence electrons. The number of thiazole rings is 1. The molecule has 1 N–H and O–H groups in total. The topological polar surface area (TPSA) is 75.0 Å². The number of nitrogens with one attached hydrogen (secondary N) is 1. The van der Waals surface area contributed by atoms with E-state index in [9.17, 15) is 10.1 Å². The number of methoxy groups -OCH3 is 1. The monoisotopic (exact) mass is 409 g/mol. The van der Waals surface area contributed by atoms with Crippen molar-refractivity contribution in [1.82, 2.24) is 4.98 Å². The third kappa shape index (κ3) is 4.39. The molecule has 3 aromatic rings. The average Bonchev–Trinajstić information content (AvgIpc) is 3.06. The van der Waals surface area contributed by atoms with Crippen LogP contribution in [0.15, 0.2) is 54.1 Å². The quantitative estimate of drug-likeness (QED) is 0.456. The van der Waals surface area contributed by atoms with Gasteiger partial charge in [-0.2, -0.15) is 5.26 Å². The molecular formula is C21H16ClN3O2S. The minimum atomic E-state index is -0.528. The lowest BCUT2D eigenvalue weighted by Crippen LogP contribution is -2.13. The molecule has 0 saturated heterocycles. The van der Waals surface area contributed by atoms with Crippen LogP contribution >= 0.6 is 22.9 Å². The first-order chi connectivity index (χ1) is 13.5. The van der Waals surface area contributed by atoms with Crippen LogP contribution in [0.4, 0.5) is 5.13 Å². The predicted molar refractivity (Wildman–Crippen MR) is 113 cm³/mol. The van der Waals surface area contributed by atoms with Crippen LogP contribution in [-0.4, -0.2) is 18.0 Å². The Morgan fingerprint density at radius 1 is 1.29 bits per heavy atom. The summed E-state index contributed by atoms with van der Waals surface area (Å²) in [6.07, 6.45) is 1.49. The van der Waals surface area contributed by atoms with Crippen LogP contribution in [0.25, 0.3) is 17.3 Å². The van der Waals surface area contributed by atoms with E-state index in [4.69, 9.17) is 16.3 Å². The average molecular weight is 410 g/mol. The Bertz CT molecular complexity index is 1100. The van der Waals surface area contributed by atoms with Crippen LogP contribution in [0.5, 0.6) is 5.75 Å². The lowest BCUT2D eigenvalue weighted by atomic mass is 10.1. The normalized spacial score (nSPS) is 11.0. The molecule has 7 heteroatoms. The molecule has 3 rings (SSSR count). The molecule has 0 atom stereocenters. The highest BCUT2D eigenvalue weighted by molar-refractivity contribution is 7.16. The minimum Gasteiger partial charge on any atom is -0.496 e. The number of nitrogens with zero attached hydrogens (tertiary/aromatic N) is 2. The van der Waals surface area contributed by atoms with Crippen molar-refractivity contribution < 1.29 is 9.53 Å². The van der Waals surface area contributed by atoms with Gasteiger partial charge in [0.15, 0.2) is 5.13 Å². The molecule has 0 radical (unpaired) electrons. The molecule has 0 bridgehead atoms. The van der Waals surface area contributed by atoms with Gasteiger partial charge in [0.2, 0.25) is 0 Å². The molecule has 1 aromatic heterocycles. The number of anilines is 1. The van der Waals surface area contributed by atoms with Gasteiger partial charge in [-0.25, -0.2) is 4.98 Å². The number of para-hydroxylation sites is 1. The van der Waals surface area contributed by atoms with Crippen molar-refractivity contribution in [3.8, 4) is 23.1 Å². The highest BCUT2D eigenvalue weighted by atomic mass is 35.5. The van der Waals surface area contributed by atoms with Gasteiger partial charge in [0.25, 0.3) is 5.91 Å². The first-order valence-corrected chi connectivity index (χ1v) is 9.51. The van der Waals surface area contributed by atoms with Gasteiger partial charge in [-0.15, -0.1) is 11.3 Å². The van der Waals surface area contributed by atoms with Crippen molar-refractivity contribution in [2.45, 2.75) is 6.92 Å². The molecule has 0 aliphatic rings. The Morgan fingerprint density at radius 2 is 2.07 bits per heavy atom. The largest absolute Gasteiger partial charge is 0.496 e. The highest BCUT2D eigenvalue weighted by Gasteiger charge is 2.15. The van der Waals surface area contributed by atoms with Gasteiger partial charge in [0.05, 0.1) is 12.8 Å². The molecule has 0 aliphatic heterocycles. The zero-order valence-electron chi connectivity index (χ0n) is 15.2. The second-order valence-electron chi connectivity index (χ2n) is 5.80. The fourth-order valence-electron chi connectivity index (χ4n) is 2.61. The molecule has 2 aromatic carbocycles. The number of halogens is 1. The molecule has 0 spiro atoms. The maximum absolute atomic E-state index is 12.6. The molecule has 0 aliphatic carbocycles. The van der Waals surface area contributed by atoms with Crippen LogP contribution in [0.3, 0.4) is 0 Å². The van der Waals surface area contributed by atoms with Gasteiger partial charge in [-0.1, -0.05) is 41.9 Å². The van der Waals surface area contributed by atoms with Crippen molar-refractivity contribution in [1.29, 1.82) is 5.26 Å². The number of ether oxygens (including phenoxy) is 1. The van der Waals surface area contributed by atoms with Crippen LogP contribution in [0.1, 0.15) is 10.4 Å². The summed E-state index contributed by atoms with van der Waals surface area (Å²) in [5.74, 6) is 0.0520. The summed E-state index contributed by atoms with van der Waals surface area (Å²) in [7, 11) is 1.54. The maximum Gasteiger partial charge on any atom is 0.268 e. The zero-order valence-corrected chi connectivity index (χ0v) is 16.8. The SMILES string of the molecule is COc1ccccc1/C=C(\C#N)C(=O)Nc1nc(-c2cccc(Cl)c2)c(C)s1. The van der Waals surface area contributed by atoms with Gasteiger partial charge in [-0.3, -0.25) is 10.1 Å². The number of nitriles is 1. The zero-order chi connectivity index (χ0) is 20.1. The number of hydrogen-bond acceptors (Lipinski definition) is 5. The van der Waals surface area contributed by atoms with Crippen molar-refractivity contribution in [2.24, 2.45) is 0 Å². The van der Waals surface area contributed by atoms with Crippen LogP contribution in [0, 0.1) is 18.3 Å². The van der Waals surface area contributed by atoms with E-state index in [1.54, 1.807) is 18.2 Å². The van der Waals surface area contributed by atoms with Gasteiger partial charge in [-0.05, 0) is 31.2 Å². The second-order valence-corrected chi connectivity index (χ2v) is 7.44. The minimum absolute atomic E-state index is 0.0401. The number of carbonyl (C=O) groups excluding carboxylic acids is 1. The summed E-state index contributed by atoms with van der Waals surface area (Å²) in [5, 5.41) is 13.1. The van der Waals surface area contributed by atoms with E-state index in [-0.39, 0.29) is 5.57 Å². The molecular weight excluding hydrogens is 394 g/mol. The van der Waals surface area contributed by atoms with Crippen LogP contribution in [0.2, 0.25) is 5.02 Å². The lowest BCUT2D eigenvalue weighted by Gasteiger charge is -2.05. The fraction of sp³-hybridized carbons (Fsp3) is 0.0952. The van der Waals surface area contributed by atoms with E-state index in [1.807, 2.05) is 43.3 Å². The van der Waals surface area contributed by atoms with Crippen molar-refractivity contribution in [3.63, 3.8) is 0 Å². The second kappa shape index (κ2) is 8.70. The van der Waals surface area contributed by atoms with E-state index in [1.165, 1.54) is 24.5 Å². The summed E-state index contributed by atoms with van der Waals surface area (Å²) in [4.78, 5) is 18.0. The first kappa shape index (κ1) is 19.6. The Morgan fingerprint density at radius 3 is 2.79 bits per heavy atom. The molecule has 0 fully saturated rings. The van der Waals surface area contributed by atoms with E-state index < -0.39 is 5.91 Å². The summed E-state index contributed by atoms with van der Waals surface area (Å²) in [6.45, 7) is 1.92. The van der Waals surface area contributed by atoms with E-state index in [0.717, 1.165) is 16.1 Å². The number of benzene rings is 2. The third-order valence-electron chi connectivity index (χ3n) is 3.92. The number of hydrogen-bond donors (Lipinski definition) is 1. The molecule has 0 saturated carbocycles.